The Bertz CT molecular complexity index is 1120. The molecule has 0 unspecified atom stereocenters. The number of benzene rings is 3. The minimum atomic E-state index is -4.75. The lowest BCUT2D eigenvalue weighted by molar-refractivity contribution is -0.274. The second kappa shape index (κ2) is 11.5. The molecule has 1 heterocycles. The van der Waals surface area contributed by atoms with Crippen molar-refractivity contribution in [3.05, 3.63) is 83.4 Å². The first kappa shape index (κ1) is 25.7. The van der Waals surface area contributed by atoms with E-state index in [1.165, 1.54) is 12.1 Å². The van der Waals surface area contributed by atoms with Crippen LogP contribution < -0.4 is 24.3 Å². The molecule has 4 rings (SSSR count). The zero-order chi connectivity index (χ0) is 25.5. The van der Waals surface area contributed by atoms with Gasteiger partial charge in [0.2, 0.25) is 0 Å². The SMILES string of the molecule is COc1cc(OCc2ccccc2)c([C@H](c2ccc(OC(F)(F)F)cc2)N2CCNCC2)cc1OC. The van der Waals surface area contributed by atoms with Crippen LogP contribution in [0.25, 0.3) is 0 Å². The highest BCUT2D eigenvalue weighted by Crippen LogP contribution is 2.42. The van der Waals surface area contributed by atoms with Crippen LogP contribution in [-0.4, -0.2) is 51.7 Å². The topological polar surface area (TPSA) is 52.2 Å². The Morgan fingerprint density at radius 3 is 2.11 bits per heavy atom. The molecule has 0 radical (unpaired) electrons. The lowest BCUT2D eigenvalue weighted by Crippen LogP contribution is -2.45. The van der Waals surface area contributed by atoms with Crippen molar-refractivity contribution in [3.8, 4) is 23.0 Å². The first-order chi connectivity index (χ1) is 17.4. The van der Waals surface area contributed by atoms with Crippen molar-refractivity contribution in [1.29, 1.82) is 0 Å². The molecule has 1 N–H and O–H groups in total. The van der Waals surface area contributed by atoms with Crippen LogP contribution >= 0.6 is 0 Å². The van der Waals surface area contributed by atoms with Crippen LogP contribution in [-0.2, 0) is 6.61 Å². The number of halogens is 3. The fourth-order valence-electron chi connectivity index (χ4n) is 4.33. The minimum absolute atomic E-state index is 0.266. The Morgan fingerprint density at radius 1 is 0.861 bits per heavy atom. The van der Waals surface area contributed by atoms with Gasteiger partial charge in [0.25, 0.3) is 0 Å². The van der Waals surface area contributed by atoms with Crippen LogP contribution in [0.15, 0.2) is 66.7 Å². The molecule has 6 nitrogen and oxygen atoms in total. The summed E-state index contributed by atoms with van der Waals surface area (Å²) in [6.07, 6.45) is -4.75. The Labute approximate surface area is 208 Å². The van der Waals surface area contributed by atoms with Gasteiger partial charge in [0.05, 0.1) is 20.3 Å². The quantitative estimate of drug-likeness (QED) is 0.436. The summed E-state index contributed by atoms with van der Waals surface area (Å²) in [4.78, 5) is 2.27. The molecule has 0 spiro atoms. The molecule has 192 valence electrons. The Kier molecular flexibility index (Phi) is 8.22. The van der Waals surface area contributed by atoms with E-state index >= 15 is 0 Å². The average molecular weight is 503 g/mol. The summed E-state index contributed by atoms with van der Waals surface area (Å²) in [5, 5.41) is 3.35. The number of alkyl halides is 3. The van der Waals surface area contributed by atoms with Crippen LogP contribution in [0.1, 0.15) is 22.7 Å². The number of ether oxygens (including phenoxy) is 4. The van der Waals surface area contributed by atoms with Crippen LogP contribution in [0.3, 0.4) is 0 Å². The number of piperazine rings is 1. The van der Waals surface area contributed by atoms with E-state index in [0.29, 0.717) is 23.9 Å². The second-order valence-corrected chi connectivity index (χ2v) is 8.32. The molecular weight excluding hydrogens is 473 g/mol. The zero-order valence-corrected chi connectivity index (χ0v) is 20.2. The first-order valence-corrected chi connectivity index (χ1v) is 11.6. The van der Waals surface area contributed by atoms with Crippen LogP contribution in [0.4, 0.5) is 13.2 Å². The summed E-state index contributed by atoms with van der Waals surface area (Å²) < 4.78 is 59.6. The predicted octanol–water partition coefficient (Wildman–Crippen LogP) is 5.18. The van der Waals surface area contributed by atoms with E-state index in [4.69, 9.17) is 14.2 Å². The summed E-state index contributed by atoms with van der Waals surface area (Å²) >= 11 is 0. The van der Waals surface area contributed by atoms with E-state index in [1.807, 2.05) is 36.4 Å². The van der Waals surface area contributed by atoms with E-state index in [2.05, 4.69) is 15.0 Å². The molecule has 0 aliphatic carbocycles. The fraction of sp³-hybridized carbons (Fsp3) is 0.333. The molecule has 0 saturated carbocycles. The molecule has 1 saturated heterocycles. The maximum atomic E-state index is 12.7. The average Bonchev–Trinajstić information content (AvgIpc) is 2.89. The lowest BCUT2D eigenvalue weighted by Gasteiger charge is -2.36. The van der Waals surface area contributed by atoms with Gasteiger partial charge in [-0.1, -0.05) is 42.5 Å². The summed E-state index contributed by atoms with van der Waals surface area (Å²) in [5.41, 5.74) is 2.64. The maximum absolute atomic E-state index is 12.7. The third kappa shape index (κ3) is 6.41. The summed E-state index contributed by atoms with van der Waals surface area (Å²) in [5.74, 6) is 1.41. The highest BCUT2D eigenvalue weighted by molar-refractivity contribution is 5.54. The molecule has 3 aromatic rings. The maximum Gasteiger partial charge on any atom is 0.573 e. The predicted molar refractivity (Wildman–Crippen MR) is 130 cm³/mol. The normalized spacial score (nSPS) is 15.2. The van der Waals surface area contributed by atoms with E-state index in [-0.39, 0.29) is 11.8 Å². The van der Waals surface area contributed by atoms with Crippen LogP contribution in [0.5, 0.6) is 23.0 Å². The monoisotopic (exact) mass is 502 g/mol. The number of hydrogen-bond acceptors (Lipinski definition) is 6. The summed E-state index contributed by atoms with van der Waals surface area (Å²) in [6, 6.07) is 19.2. The smallest absolute Gasteiger partial charge is 0.493 e. The van der Waals surface area contributed by atoms with Gasteiger partial charge < -0.3 is 24.3 Å². The van der Waals surface area contributed by atoms with Gasteiger partial charge in [0.15, 0.2) is 11.5 Å². The van der Waals surface area contributed by atoms with Crippen LogP contribution in [0.2, 0.25) is 0 Å². The molecule has 0 aromatic heterocycles. The Morgan fingerprint density at radius 2 is 1.50 bits per heavy atom. The molecule has 0 amide bonds. The zero-order valence-electron chi connectivity index (χ0n) is 20.2. The van der Waals surface area contributed by atoms with Gasteiger partial charge in [0, 0.05) is 37.8 Å². The first-order valence-electron chi connectivity index (χ1n) is 11.6. The number of rotatable bonds is 9. The van der Waals surface area contributed by atoms with Gasteiger partial charge in [-0.15, -0.1) is 13.2 Å². The largest absolute Gasteiger partial charge is 0.573 e. The van der Waals surface area contributed by atoms with Gasteiger partial charge in [-0.05, 0) is 29.3 Å². The van der Waals surface area contributed by atoms with Crippen molar-refractivity contribution >= 4 is 0 Å². The number of nitrogens with zero attached hydrogens (tertiary/aromatic N) is 1. The lowest BCUT2D eigenvalue weighted by atomic mass is 9.94. The minimum Gasteiger partial charge on any atom is -0.493 e. The molecule has 1 fully saturated rings. The second-order valence-electron chi connectivity index (χ2n) is 8.32. The van der Waals surface area contributed by atoms with Gasteiger partial charge in [-0.2, -0.15) is 0 Å². The van der Waals surface area contributed by atoms with Crippen LogP contribution in [0, 0.1) is 0 Å². The highest BCUT2D eigenvalue weighted by Gasteiger charge is 2.32. The van der Waals surface area contributed by atoms with Crippen molar-refractivity contribution in [2.45, 2.75) is 19.0 Å². The molecule has 1 aliphatic heterocycles. The van der Waals surface area contributed by atoms with Gasteiger partial charge >= 0.3 is 6.36 Å². The number of nitrogens with one attached hydrogen (secondary N) is 1. The molecule has 36 heavy (non-hydrogen) atoms. The number of hydrogen-bond donors (Lipinski definition) is 1. The molecule has 1 aliphatic rings. The third-order valence-corrected chi connectivity index (χ3v) is 5.99. The highest BCUT2D eigenvalue weighted by atomic mass is 19.4. The summed E-state index contributed by atoms with van der Waals surface area (Å²) in [6.45, 7) is 3.42. The van der Waals surface area contributed by atoms with Gasteiger partial charge in [0.1, 0.15) is 18.1 Å². The van der Waals surface area contributed by atoms with Gasteiger partial charge in [-0.3, -0.25) is 4.90 Å². The third-order valence-electron chi connectivity index (χ3n) is 5.99. The molecule has 0 bridgehead atoms. The number of methoxy groups -OCH3 is 2. The Balaban J connectivity index is 1.76. The van der Waals surface area contributed by atoms with Crippen molar-refractivity contribution in [2.24, 2.45) is 0 Å². The van der Waals surface area contributed by atoms with E-state index in [1.54, 1.807) is 32.4 Å². The van der Waals surface area contributed by atoms with Crippen molar-refractivity contribution < 1.29 is 32.1 Å². The molecule has 1 atom stereocenters. The van der Waals surface area contributed by atoms with E-state index in [9.17, 15) is 13.2 Å². The van der Waals surface area contributed by atoms with E-state index in [0.717, 1.165) is 42.9 Å². The van der Waals surface area contributed by atoms with Crippen molar-refractivity contribution in [1.82, 2.24) is 10.2 Å². The van der Waals surface area contributed by atoms with Gasteiger partial charge in [-0.25, -0.2) is 0 Å². The fourth-order valence-corrected chi connectivity index (χ4v) is 4.33. The van der Waals surface area contributed by atoms with Crippen molar-refractivity contribution in [3.63, 3.8) is 0 Å². The molecule has 9 heteroatoms. The standard InChI is InChI=1S/C27H29F3N2O4/c1-33-24-16-22(23(17-25(24)34-2)35-18-19-6-4-3-5-7-19)26(32-14-12-31-13-15-32)20-8-10-21(11-9-20)36-27(28,29)30/h3-11,16-17,26,31H,12-15,18H2,1-2H3/t26-/m0/s1. The Hall–Kier alpha value is -3.43. The van der Waals surface area contributed by atoms with E-state index < -0.39 is 6.36 Å². The molecule has 3 aromatic carbocycles. The van der Waals surface area contributed by atoms with Crippen molar-refractivity contribution in [2.75, 3.05) is 40.4 Å². The molecular formula is C27H29F3N2O4. The summed E-state index contributed by atoms with van der Waals surface area (Å²) in [7, 11) is 3.13.